The van der Waals surface area contributed by atoms with E-state index in [1.54, 1.807) is 28.4 Å². The number of hydrogen-bond acceptors (Lipinski definition) is 5. The number of rotatable bonds is 5. The first-order valence-electron chi connectivity index (χ1n) is 9.27. The summed E-state index contributed by atoms with van der Waals surface area (Å²) in [7, 11) is 0. The summed E-state index contributed by atoms with van der Waals surface area (Å²) in [5, 5.41) is 0.733. The summed E-state index contributed by atoms with van der Waals surface area (Å²) in [5.74, 6) is 0.210. The second kappa shape index (κ2) is 7.80. The maximum atomic E-state index is 13.1. The van der Waals surface area contributed by atoms with E-state index < -0.39 is 0 Å². The van der Waals surface area contributed by atoms with Crippen LogP contribution in [0.4, 0.5) is 5.13 Å². The van der Waals surface area contributed by atoms with E-state index in [2.05, 4.69) is 26.0 Å². The minimum Gasteiger partial charge on any atom is -0.459 e. The van der Waals surface area contributed by atoms with Gasteiger partial charge in [0.15, 0.2) is 10.9 Å². The lowest BCUT2D eigenvalue weighted by molar-refractivity contribution is -0.906. The van der Waals surface area contributed by atoms with Gasteiger partial charge in [0.25, 0.3) is 5.91 Å². The van der Waals surface area contributed by atoms with Crippen LogP contribution in [0, 0.1) is 13.8 Å². The number of aromatic nitrogens is 1. The largest absolute Gasteiger partial charge is 0.459 e. The summed E-state index contributed by atoms with van der Waals surface area (Å²) in [6.07, 6.45) is 1.53. The van der Waals surface area contributed by atoms with Gasteiger partial charge < -0.3 is 14.1 Å². The summed E-state index contributed by atoms with van der Waals surface area (Å²) >= 11 is 1.58. The number of hydrogen-bond donors (Lipinski definition) is 1. The van der Waals surface area contributed by atoms with Crippen molar-refractivity contribution in [3.63, 3.8) is 0 Å². The number of fused-ring (bicyclic) bond motifs is 1. The number of anilines is 1. The lowest BCUT2D eigenvalue weighted by Crippen LogP contribution is -3.14. The molecule has 142 valence electrons. The molecule has 1 N–H and O–H groups in total. The number of morpholine rings is 1. The van der Waals surface area contributed by atoms with Crippen LogP contribution < -0.4 is 9.80 Å². The van der Waals surface area contributed by atoms with Gasteiger partial charge in [-0.15, -0.1) is 0 Å². The van der Waals surface area contributed by atoms with Crippen LogP contribution in [0.1, 0.15) is 21.7 Å². The number of furan rings is 1. The van der Waals surface area contributed by atoms with Gasteiger partial charge in [0.2, 0.25) is 0 Å². The molecule has 4 rings (SSSR count). The summed E-state index contributed by atoms with van der Waals surface area (Å²) in [5.41, 5.74) is 3.29. The first-order chi connectivity index (χ1) is 13.1. The Balaban J connectivity index is 1.65. The fourth-order valence-corrected chi connectivity index (χ4v) is 4.50. The predicted molar refractivity (Wildman–Crippen MR) is 106 cm³/mol. The number of aryl methyl sites for hydroxylation is 2. The van der Waals surface area contributed by atoms with Gasteiger partial charge in [0.1, 0.15) is 13.1 Å². The molecule has 0 radical (unpaired) electrons. The summed E-state index contributed by atoms with van der Waals surface area (Å²) in [4.78, 5) is 21.1. The zero-order valence-corrected chi connectivity index (χ0v) is 16.5. The Labute approximate surface area is 162 Å². The van der Waals surface area contributed by atoms with Gasteiger partial charge in [-0.3, -0.25) is 9.69 Å². The highest BCUT2D eigenvalue weighted by Crippen LogP contribution is 2.33. The molecule has 0 bridgehead atoms. The molecule has 1 aromatic carbocycles. The number of nitrogens with one attached hydrogen (secondary N) is 1. The molecule has 0 spiro atoms. The molecule has 7 heteroatoms. The Hall–Kier alpha value is -2.22. The molecule has 6 nitrogen and oxygen atoms in total. The van der Waals surface area contributed by atoms with Crippen LogP contribution in [-0.4, -0.2) is 50.3 Å². The lowest BCUT2D eigenvalue weighted by atomic mass is 10.1. The van der Waals surface area contributed by atoms with Crippen molar-refractivity contribution in [1.82, 2.24) is 4.98 Å². The topological polar surface area (TPSA) is 60.0 Å². The molecule has 1 fully saturated rings. The summed E-state index contributed by atoms with van der Waals surface area (Å²) in [6, 6.07) is 7.64. The van der Waals surface area contributed by atoms with Crippen LogP contribution >= 0.6 is 11.3 Å². The molecule has 3 aromatic rings. The normalized spacial score (nSPS) is 15.3. The summed E-state index contributed by atoms with van der Waals surface area (Å²) in [6.45, 7) is 9.11. The van der Waals surface area contributed by atoms with E-state index in [-0.39, 0.29) is 5.91 Å². The Kier molecular flexibility index (Phi) is 5.24. The Morgan fingerprint density at radius 2 is 2.00 bits per heavy atom. The van der Waals surface area contributed by atoms with E-state index in [4.69, 9.17) is 14.1 Å². The lowest BCUT2D eigenvalue weighted by Gasteiger charge is -2.26. The quantitative estimate of drug-likeness (QED) is 0.729. The molecule has 1 amide bonds. The predicted octanol–water partition coefficient (Wildman–Crippen LogP) is 2.07. The van der Waals surface area contributed by atoms with E-state index in [1.165, 1.54) is 16.7 Å². The highest BCUT2D eigenvalue weighted by Gasteiger charge is 2.26. The second-order valence-electron chi connectivity index (χ2n) is 6.92. The van der Waals surface area contributed by atoms with Crippen LogP contribution in [0.25, 0.3) is 10.2 Å². The zero-order valence-electron chi connectivity index (χ0n) is 15.7. The van der Waals surface area contributed by atoms with Crippen molar-refractivity contribution in [1.29, 1.82) is 0 Å². The molecule has 0 atom stereocenters. The van der Waals surface area contributed by atoms with Crippen LogP contribution in [0.2, 0.25) is 0 Å². The van der Waals surface area contributed by atoms with Crippen molar-refractivity contribution in [3.05, 3.63) is 47.4 Å². The standard InChI is InChI=1S/C20H23N3O3S/c1-14-5-6-15(2)18-17(14)21-20(27-18)23(19(24)16-4-3-11-26-16)8-7-22-9-12-25-13-10-22/h3-6,11H,7-10,12-13H2,1-2H3/p+1. The van der Waals surface area contributed by atoms with Crippen LogP contribution in [0.15, 0.2) is 34.9 Å². The van der Waals surface area contributed by atoms with Crippen molar-refractivity contribution < 1.29 is 18.8 Å². The second-order valence-corrected chi connectivity index (χ2v) is 7.90. The van der Waals surface area contributed by atoms with Crippen molar-refractivity contribution in [2.45, 2.75) is 13.8 Å². The molecule has 2 aromatic heterocycles. The number of quaternary nitrogens is 1. The third-order valence-corrected chi connectivity index (χ3v) is 6.24. The molecule has 0 aliphatic carbocycles. The van der Waals surface area contributed by atoms with E-state index in [9.17, 15) is 4.79 Å². The average Bonchev–Trinajstić information content (AvgIpc) is 3.36. The van der Waals surface area contributed by atoms with Crippen LogP contribution in [-0.2, 0) is 4.74 Å². The zero-order chi connectivity index (χ0) is 18.8. The Bertz CT molecular complexity index is 891. The maximum Gasteiger partial charge on any atom is 0.295 e. The van der Waals surface area contributed by atoms with E-state index in [1.807, 2.05) is 0 Å². The van der Waals surface area contributed by atoms with Crippen molar-refractivity contribution in [2.24, 2.45) is 0 Å². The van der Waals surface area contributed by atoms with Crippen LogP contribution in [0.3, 0.4) is 0 Å². The smallest absolute Gasteiger partial charge is 0.295 e. The number of nitrogens with zero attached hydrogens (tertiary/aromatic N) is 2. The van der Waals surface area contributed by atoms with Gasteiger partial charge in [-0.1, -0.05) is 23.5 Å². The van der Waals surface area contributed by atoms with Crippen molar-refractivity contribution in [3.8, 4) is 0 Å². The molecular weight excluding hydrogens is 362 g/mol. The number of amides is 1. The number of carbonyl (C=O) groups excluding carboxylic acids is 1. The number of thiazole rings is 1. The van der Waals surface area contributed by atoms with Crippen LogP contribution in [0.5, 0.6) is 0 Å². The maximum absolute atomic E-state index is 13.1. The minimum absolute atomic E-state index is 0.137. The van der Waals surface area contributed by atoms with E-state index >= 15 is 0 Å². The molecule has 27 heavy (non-hydrogen) atoms. The van der Waals surface area contributed by atoms with Gasteiger partial charge in [-0.25, -0.2) is 4.98 Å². The first-order valence-corrected chi connectivity index (χ1v) is 10.1. The van der Waals surface area contributed by atoms with Gasteiger partial charge in [-0.05, 0) is 37.1 Å². The average molecular weight is 386 g/mol. The number of ether oxygens (including phenoxy) is 1. The third-order valence-electron chi connectivity index (χ3n) is 5.03. The highest BCUT2D eigenvalue weighted by atomic mass is 32.1. The number of carbonyl (C=O) groups is 1. The number of benzene rings is 1. The van der Waals surface area contributed by atoms with Gasteiger partial charge in [0.05, 0.1) is 42.8 Å². The molecular formula is C20H24N3O3S+. The van der Waals surface area contributed by atoms with Gasteiger partial charge in [0, 0.05) is 0 Å². The highest BCUT2D eigenvalue weighted by molar-refractivity contribution is 7.22. The first kappa shape index (κ1) is 18.2. The SMILES string of the molecule is Cc1ccc(C)c2sc(N(CC[NH+]3CCOCC3)C(=O)c3ccco3)nc12. The van der Waals surface area contributed by atoms with Crippen molar-refractivity contribution in [2.75, 3.05) is 44.3 Å². The third kappa shape index (κ3) is 3.76. The van der Waals surface area contributed by atoms with E-state index in [0.29, 0.717) is 12.3 Å². The fraction of sp³-hybridized carbons (Fsp3) is 0.400. The fourth-order valence-electron chi connectivity index (χ4n) is 3.36. The molecule has 0 saturated carbocycles. The molecule has 3 heterocycles. The van der Waals surface area contributed by atoms with E-state index in [0.717, 1.165) is 53.8 Å². The molecule has 1 aliphatic rings. The molecule has 0 unspecified atom stereocenters. The van der Waals surface area contributed by atoms with Gasteiger partial charge in [-0.2, -0.15) is 0 Å². The van der Waals surface area contributed by atoms with Gasteiger partial charge >= 0.3 is 0 Å². The summed E-state index contributed by atoms with van der Waals surface area (Å²) < 4.78 is 11.9. The Morgan fingerprint density at radius 1 is 1.22 bits per heavy atom. The minimum atomic E-state index is -0.137. The van der Waals surface area contributed by atoms with Crippen molar-refractivity contribution >= 4 is 32.6 Å². The molecule has 1 aliphatic heterocycles. The monoisotopic (exact) mass is 386 g/mol. The Morgan fingerprint density at radius 3 is 2.70 bits per heavy atom. The molecule has 1 saturated heterocycles.